The lowest BCUT2D eigenvalue weighted by Crippen LogP contribution is -1.97. The first-order chi connectivity index (χ1) is 10.0. The van der Waals surface area contributed by atoms with Gasteiger partial charge in [-0.1, -0.05) is 12.2 Å². The van der Waals surface area contributed by atoms with Crippen molar-refractivity contribution in [3.8, 4) is 17.1 Å². The molecule has 1 N–H and O–H groups in total. The second kappa shape index (κ2) is 6.70. The fourth-order valence-electron chi connectivity index (χ4n) is 1.97. The van der Waals surface area contributed by atoms with Crippen LogP contribution in [-0.4, -0.2) is 20.1 Å². The van der Waals surface area contributed by atoms with E-state index < -0.39 is 0 Å². The number of hydrogen-bond donors (Lipinski definition) is 1. The number of aromatic hydroxyl groups is 1. The quantitative estimate of drug-likeness (QED) is 0.845. The third-order valence-corrected chi connectivity index (χ3v) is 3.17. The molecule has 108 valence electrons. The number of hydrogen-bond acceptors (Lipinski definition) is 4. The van der Waals surface area contributed by atoms with Crippen LogP contribution >= 0.6 is 23.2 Å². The van der Waals surface area contributed by atoms with Crippen LogP contribution in [0.4, 0.5) is 0 Å². The van der Waals surface area contributed by atoms with Crippen LogP contribution in [0.3, 0.4) is 0 Å². The normalized spacial score (nSPS) is 10.4. The van der Waals surface area contributed by atoms with Crippen molar-refractivity contribution in [1.29, 1.82) is 0 Å². The molecule has 2 aromatic rings. The standard InChI is InChI=1S/C15H13Cl2N3O/c1-3-5-9-7-11(8-10(6-4-2)12(9)21)13-18-14(16)20-15(17)19-13/h3-4,7-8,21H,1-2,5-6H2. The first kappa shape index (κ1) is 15.5. The minimum Gasteiger partial charge on any atom is -0.507 e. The number of phenolic OH excluding ortho intramolecular Hbond substituents is 1. The third kappa shape index (κ3) is 3.60. The number of benzene rings is 1. The summed E-state index contributed by atoms with van der Waals surface area (Å²) in [5.74, 6) is 0.584. The van der Waals surface area contributed by atoms with Crippen LogP contribution in [0, 0.1) is 0 Å². The van der Waals surface area contributed by atoms with Gasteiger partial charge < -0.3 is 5.11 Å². The van der Waals surface area contributed by atoms with Crippen LogP contribution in [0.1, 0.15) is 11.1 Å². The van der Waals surface area contributed by atoms with E-state index in [0.29, 0.717) is 24.2 Å². The fourth-order valence-corrected chi connectivity index (χ4v) is 2.33. The lowest BCUT2D eigenvalue weighted by atomic mass is 9.99. The van der Waals surface area contributed by atoms with Gasteiger partial charge in [0, 0.05) is 5.56 Å². The zero-order chi connectivity index (χ0) is 15.4. The summed E-state index contributed by atoms with van der Waals surface area (Å²) >= 11 is 11.6. The Bertz CT molecular complexity index is 650. The molecule has 0 bridgehead atoms. The highest BCUT2D eigenvalue weighted by atomic mass is 35.5. The number of nitrogens with zero attached hydrogens (tertiary/aromatic N) is 3. The molecule has 0 saturated heterocycles. The van der Waals surface area contributed by atoms with E-state index in [2.05, 4.69) is 28.1 Å². The predicted octanol–water partition coefficient (Wildman–Crippen LogP) is 4.01. The molecule has 0 saturated carbocycles. The SMILES string of the molecule is C=CCc1cc(-c2nc(Cl)nc(Cl)n2)cc(CC=C)c1O. The molecule has 21 heavy (non-hydrogen) atoms. The van der Waals surface area contributed by atoms with Crippen molar-refractivity contribution >= 4 is 23.2 Å². The predicted molar refractivity (Wildman–Crippen MR) is 84.7 cm³/mol. The van der Waals surface area contributed by atoms with Crippen molar-refractivity contribution in [3.63, 3.8) is 0 Å². The third-order valence-electron chi connectivity index (χ3n) is 2.84. The molecule has 0 spiro atoms. The average molecular weight is 322 g/mol. The monoisotopic (exact) mass is 321 g/mol. The lowest BCUT2D eigenvalue weighted by Gasteiger charge is -2.11. The molecule has 6 heteroatoms. The summed E-state index contributed by atoms with van der Waals surface area (Å²) in [6.45, 7) is 7.38. The van der Waals surface area contributed by atoms with E-state index in [1.165, 1.54) is 0 Å². The molecular weight excluding hydrogens is 309 g/mol. The molecule has 0 atom stereocenters. The van der Waals surface area contributed by atoms with Crippen LogP contribution in [-0.2, 0) is 12.8 Å². The molecule has 0 radical (unpaired) electrons. The van der Waals surface area contributed by atoms with E-state index in [9.17, 15) is 5.11 Å². The average Bonchev–Trinajstić information content (AvgIpc) is 2.42. The van der Waals surface area contributed by atoms with E-state index in [-0.39, 0.29) is 16.3 Å². The Hall–Kier alpha value is -1.91. The van der Waals surface area contributed by atoms with Gasteiger partial charge in [0.2, 0.25) is 10.6 Å². The summed E-state index contributed by atoms with van der Waals surface area (Å²) in [6.07, 6.45) is 4.47. The van der Waals surface area contributed by atoms with E-state index in [4.69, 9.17) is 23.2 Å². The second-order valence-electron chi connectivity index (χ2n) is 4.33. The maximum Gasteiger partial charge on any atom is 0.227 e. The summed E-state index contributed by atoms with van der Waals surface area (Å²) in [7, 11) is 0. The minimum absolute atomic E-state index is 0.0219. The van der Waals surface area contributed by atoms with Crippen LogP contribution < -0.4 is 0 Å². The molecule has 0 fully saturated rings. The van der Waals surface area contributed by atoms with E-state index in [0.717, 1.165) is 11.1 Å². The Morgan fingerprint density at radius 1 is 0.952 bits per heavy atom. The Morgan fingerprint density at radius 2 is 1.43 bits per heavy atom. The molecule has 0 aliphatic heterocycles. The van der Waals surface area contributed by atoms with Gasteiger partial charge in [-0.15, -0.1) is 13.2 Å². The van der Waals surface area contributed by atoms with Gasteiger partial charge in [0.1, 0.15) is 5.75 Å². The minimum atomic E-state index is 0.0219. The van der Waals surface area contributed by atoms with Gasteiger partial charge in [-0.25, -0.2) is 0 Å². The second-order valence-corrected chi connectivity index (χ2v) is 5.00. The number of phenols is 1. The van der Waals surface area contributed by atoms with Crippen molar-refractivity contribution in [3.05, 3.63) is 59.1 Å². The van der Waals surface area contributed by atoms with Crippen molar-refractivity contribution < 1.29 is 5.11 Å². The van der Waals surface area contributed by atoms with Crippen molar-refractivity contribution in [1.82, 2.24) is 15.0 Å². The summed E-state index contributed by atoms with van der Waals surface area (Å²) in [6, 6.07) is 3.57. The van der Waals surface area contributed by atoms with Crippen molar-refractivity contribution in [2.45, 2.75) is 12.8 Å². The molecule has 0 amide bonds. The molecule has 4 nitrogen and oxygen atoms in total. The largest absolute Gasteiger partial charge is 0.507 e. The van der Waals surface area contributed by atoms with Gasteiger partial charge in [0.05, 0.1) is 0 Å². The number of allylic oxidation sites excluding steroid dienone is 2. The molecule has 2 rings (SSSR count). The van der Waals surface area contributed by atoms with Crippen LogP contribution in [0.2, 0.25) is 10.6 Å². The highest BCUT2D eigenvalue weighted by Gasteiger charge is 2.13. The fraction of sp³-hybridized carbons (Fsp3) is 0.133. The molecule has 0 unspecified atom stereocenters. The molecule has 0 aliphatic carbocycles. The molecular formula is C15H13Cl2N3O. The van der Waals surface area contributed by atoms with Gasteiger partial charge in [-0.3, -0.25) is 0 Å². The van der Waals surface area contributed by atoms with E-state index in [1.807, 2.05) is 0 Å². The first-order valence-electron chi connectivity index (χ1n) is 6.19. The summed E-state index contributed by atoms with van der Waals surface area (Å²) in [5.41, 5.74) is 2.16. The van der Waals surface area contributed by atoms with E-state index in [1.54, 1.807) is 24.3 Å². The summed E-state index contributed by atoms with van der Waals surface area (Å²) in [5, 5.41) is 10.3. The van der Waals surface area contributed by atoms with Crippen LogP contribution in [0.5, 0.6) is 5.75 Å². The lowest BCUT2D eigenvalue weighted by molar-refractivity contribution is 0.464. The maximum atomic E-state index is 10.2. The zero-order valence-electron chi connectivity index (χ0n) is 11.2. The summed E-state index contributed by atoms with van der Waals surface area (Å²) < 4.78 is 0. The van der Waals surface area contributed by atoms with Crippen molar-refractivity contribution in [2.24, 2.45) is 0 Å². The van der Waals surface area contributed by atoms with Gasteiger partial charge >= 0.3 is 0 Å². The Labute approximate surface area is 132 Å². The van der Waals surface area contributed by atoms with Crippen molar-refractivity contribution in [2.75, 3.05) is 0 Å². The van der Waals surface area contributed by atoms with Gasteiger partial charge in [-0.2, -0.15) is 15.0 Å². The Balaban J connectivity index is 2.61. The number of aromatic nitrogens is 3. The zero-order valence-corrected chi connectivity index (χ0v) is 12.7. The number of halogens is 2. The smallest absolute Gasteiger partial charge is 0.227 e. The number of rotatable bonds is 5. The molecule has 1 aromatic heterocycles. The Kier molecular flexibility index (Phi) is 4.94. The van der Waals surface area contributed by atoms with Gasteiger partial charge in [-0.05, 0) is 59.3 Å². The highest BCUT2D eigenvalue weighted by Crippen LogP contribution is 2.30. The van der Waals surface area contributed by atoms with Crippen LogP contribution in [0.15, 0.2) is 37.4 Å². The maximum absolute atomic E-state index is 10.2. The molecule has 0 aliphatic rings. The van der Waals surface area contributed by atoms with Gasteiger partial charge in [0.15, 0.2) is 5.82 Å². The molecule has 1 heterocycles. The summed E-state index contributed by atoms with van der Waals surface area (Å²) in [4.78, 5) is 11.8. The molecule has 1 aromatic carbocycles. The van der Waals surface area contributed by atoms with Crippen LogP contribution in [0.25, 0.3) is 11.4 Å². The highest BCUT2D eigenvalue weighted by molar-refractivity contribution is 6.31. The Morgan fingerprint density at radius 3 is 1.86 bits per heavy atom. The van der Waals surface area contributed by atoms with Gasteiger partial charge in [0.25, 0.3) is 0 Å². The van der Waals surface area contributed by atoms with E-state index >= 15 is 0 Å². The first-order valence-corrected chi connectivity index (χ1v) is 6.94. The topological polar surface area (TPSA) is 58.9 Å².